The van der Waals surface area contributed by atoms with E-state index in [1.807, 2.05) is 43.3 Å². The standard InChI is InChI=1S/C19H16ClNO3/c1-13-7-8-14(20)11-17(13)21-19(22)18-10-9-16(24-18)12-23-15-5-3-2-4-6-15/h2-11H,12H2,1H3,(H,21,22). The second-order valence-corrected chi connectivity index (χ2v) is 5.72. The fourth-order valence-corrected chi connectivity index (χ4v) is 2.33. The molecule has 1 aromatic heterocycles. The van der Waals surface area contributed by atoms with Crippen molar-refractivity contribution in [3.8, 4) is 5.75 Å². The van der Waals surface area contributed by atoms with Gasteiger partial charge in [-0.15, -0.1) is 0 Å². The second kappa shape index (κ2) is 7.23. The first-order chi connectivity index (χ1) is 11.6. The maximum Gasteiger partial charge on any atom is 0.291 e. The summed E-state index contributed by atoms with van der Waals surface area (Å²) in [5.74, 6) is 1.22. The van der Waals surface area contributed by atoms with Crippen LogP contribution in [0.25, 0.3) is 0 Å². The molecule has 0 radical (unpaired) electrons. The van der Waals surface area contributed by atoms with Crippen molar-refractivity contribution in [2.45, 2.75) is 13.5 Å². The van der Waals surface area contributed by atoms with Gasteiger partial charge in [0.15, 0.2) is 5.76 Å². The van der Waals surface area contributed by atoms with Crippen LogP contribution in [-0.4, -0.2) is 5.91 Å². The molecule has 0 aliphatic rings. The number of anilines is 1. The minimum atomic E-state index is -0.327. The Kier molecular flexibility index (Phi) is 4.87. The van der Waals surface area contributed by atoms with Gasteiger partial charge in [-0.3, -0.25) is 4.79 Å². The van der Waals surface area contributed by atoms with Gasteiger partial charge in [-0.1, -0.05) is 35.9 Å². The number of furan rings is 1. The number of aryl methyl sites for hydroxylation is 1. The van der Waals surface area contributed by atoms with Crippen molar-refractivity contribution in [1.29, 1.82) is 0 Å². The lowest BCUT2D eigenvalue weighted by Gasteiger charge is -2.07. The van der Waals surface area contributed by atoms with Crippen molar-refractivity contribution in [3.63, 3.8) is 0 Å². The molecule has 0 bridgehead atoms. The van der Waals surface area contributed by atoms with E-state index in [-0.39, 0.29) is 18.3 Å². The van der Waals surface area contributed by atoms with Crippen LogP contribution >= 0.6 is 11.6 Å². The molecule has 1 amide bonds. The molecular formula is C19H16ClNO3. The van der Waals surface area contributed by atoms with Crippen LogP contribution in [0.3, 0.4) is 0 Å². The summed E-state index contributed by atoms with van der Waals surface area (Å²) >= 11 is 5.96. The highest BCUT2D eigenvalue weighted by molar-refractivity contribution is 6.31. The van der Waals surface area contributed by atoms with Gasteiger partial charge in [0.05, 0.1) is 0 Å². The number of benzene rings is 2. The Morgan fingerprint density at radius 1 is 1.12 bits per heavy atom. The average Bonchev–Trinajstić information content (AvgIpc) is 3.06. The number of nitrogens with one attached hydrogen (secondary N) is 1. The normalized spacial score (nSPS) is 10.4. The SMILES string of the molecule is Cc1ccc(Cl)cc1NC(=O)c1ccc(COc2ccccc2)o1. The summed E-state index contributed by atoms with van der Waals surface area (Å²) in [5, 5.41) is 3.36. The Hall–Kier alpha value is -2.72. The van der Waals surface area contributed by atoms with E-state index in [0.29, 0.717) is 16.5 Å². The number of amides is 1. The Bertz CT molecular complexity index is 843. The molecule has 0 spiro atoms. The molecular weight excluding hydrogens is 326 g/mol. The summed E-state index contributed by atoms with van der Waals surface area (Å²) in [6.07, 6.45) is 0. The molecule has 3 aromatic rings. The zero-order chi connectivity index (χ0) is 16.9. The number of ether oxygens (including phenoxy) is 1. The Morgan fingerprint density at radius 2 is 1.92 bits per heavy atom. The van der Waals surface area contributed by atoms with E-state index >= 15 is 0 Å². The maximum absolute atomic E-state index is 12.3. The van der Waals surface area contributed by atoms with Crippen LogP contribution in [0.5, 0.6) is 5.75 Å². The van der Waals surface area contributed by atoms with Crippen LogP contribution in [0, 0.1) is 6.92 Å². The predicted molar refractivity (Wildman–Crippen MR) is 93.6 cm³/mol. The van der Waals surface area contributed by atoms with Crippen molar-refractivity contribution < 1.29 is 13.9 Å². The van der Waals surface area contributed by atoms with Gasteiger partial charge in [0.1, 0.15) is 18.1 Å². The number of hydrogen-bond acceptors (Lipinski definition) is 3. The van der Waals surface area contributed by atoms with Crippen LogP contribution in [0.15, 0.2) is 65.1 Å². The lowest BCUT2D eigenvalue weighted by molar-refractivity contribution is 0.0992. The van der Waals surface area contributed by atoms with Gasteiger partial charge in [0.2, 0.25) is 0 Å². The molecule has 0 atom stereocenters. The highest BCUT2D eigenvalue weighted by Crippen LogP contribution is 2.21. The fourth-order valence-electron chi connectivity index (χ4n) is 2.16. The van der Waals surface area contributed by atoms with Gasteiger partial charge in [-0.2, -0.15) is 0 Å². The third-order valence-electron chi connectivity index (χ3n) is 3.46. The molecule has 0 unspecified atom stereocenters. The lowest BCUT2D eigenvalue weighted by atomic mass is 10.2. The molecule has 0 saturated carbocycles. The molecule has 2 aromatic carbocycles. The molecule has 4 nitrogen and oxygen atoms in total. The van der Waals surface area contributed by atoms with E-state index in [1.165, 1.54) is 0 Å². The molecule has 0 saturated heterocycles. The van der Waals surface area contributed by atoms with E-state index in [2.05, 4.69) is 5.32 Å². The zero-order valence-corrected chi connectivity index (χ0v) is 13.8. The number of rotatable bonds is 5. The molecule has 0 fully saturated rings. The number of halogens is 1. The summed E-state index contributed by atoms with van der Waals surface area (Å²) in [4.78, 5) is 12.3. The molecule has 1 heterocycles. The van der Waals surface area contributed by atoms with Crippen LogP contribution in [0.1, 0.15) is 21.9 Å². The number of carbonyl (C=O) groups is 1. The van der Waals surface area contributed by atoms with Crippen molar-refractivity contribution in [2.24, 2.45) is 0 Å². The lowest BCUT2D eigenvalue weighted by Crippen LogP contribution is -2.11. The van der Waals surface area contributed by atoms with E-state index < -0.39 is 0 Å². The highest BCUT2D eigenvalue weighted by atomic mass is 35.5. The molecule has 0 aliphatic carbocycles. The quantitative estimate of drug-likeness (QED) is 0.704. The second-order valence-electron chi connectivity index (χ2n) is 5.28. The molecule has 5 heteroatoms. The minimum absolute atomic E-state index is 0.223. The van der Waals surface area contributed by atoms with Crippen molar-refractivity contribution in [2.75, 3.05) is 5.32 Å². The minimum Gasteiger partial charge on any atom is -0.486 e. The largest absolute Gasteiger partial charge is 0.486 e. The zero-order valence-electron chi connectivity index (χ0n) is 13.1. The van der Waals surface area contributed by atoms with Gasteiger partial charge in [0, 0.05) is 10.7 Å². The maximum atomic E-state index is 12.3. The Labute approximate surface area is 145 Å². The van der Waals surface area contributed by atoms with E-state index in [0.717, 1.165) is 11.3 Å². The molecule has 0 aliphatic heterocycles. The van der Waals surface area contributed by atoms with Crippen LogP contribution in [0.2, 0.25) is 5.02 Å². The Balaban J connectivity index is 1.64. The van der Waals surface area contributed by atoms with Crippen LogP contribution in [0.4, 0.5) is 5.69 Å². The summed E-state index contributed by atoms with van der Waals surface area (Å²) in [6, 6.07) is 18.1. The smallest absolute Gasteiger partial charge is 0.291 e. The molecule has 1 N–H and O–H groups in total. The molecule has 122 valence electrons. The molecule has 3 rings (SSSR count). The monoisotopic (exact) mass is 341 g/mol. The first-order valence-corrected chi connectivity index (χ1v) is 7.84. The van der Waals surface area contributed by atoms with Crippen LogP contribution < -0.4 is 10.1 Å². The van der Waals surface area contributed by atoms with E-state index in [9.17, 15) is 4.79 Å². The molecule has 24 heavy (non-hydrogen) atoms. The third-order valence-corrected chi connectivity index (χ3v) is 3.69. The average molecular weight is 342 g/mol. The first kappa shape index (κ1) is 16.1. The fraction of sp³-hybridized carbons (Fsp3) is 0.105. The van der Waals surface area contributed by atoms with Gasteiger partial charge in [-0.05, 0) is 48.9 Å². The third kappa shape index (κ3) is 3.97. The van der Waals surface area contributed by atoms with E-state index in [4.69, 9.17) is 20.8 Å². The van der Waals surface area contributed by atoms with Crippen molar-refractivity contribution in [3.05, 3.63) is 82.8 Å². The predicted octanol–water partition coefficient (Wildman–Crippen LogP) is 5.07. The summed E-state index contributed by atoms with van der Waals surface area (Å²) in [7, 11) is 0. The highest BCUT2D eigenvalue weighted by Gasteiger charge is 2.13. The summed E-state index contributed by atoms with van der Waals surface area (Å²) < 4.78 is 11.1. The van der Waals surface area contributed by atoms with Gasteiger partial charge >= 0.3 is 0 Å². The number of hydrogen-bond donors (Lipinski definition) is 1. The van der Waals surface area contributed by atoms with Crippen molar-refractivity contribution in [1.82, 2.24) is 0 Å². The summed E-state index contributed by atoms with van der Waals surface area (Å²) in [5.41, 5.74) is 1.58. The Morgan fingerprint density at radius 3 is 2.71 bits per heavy atom. The summed E-state index contributed by atoms with van der Waals surface area (Å²) in [6.45, 7) is 2.15. The first-order valence-electron chi connectivity index (χ1n) is 7.46. The van der Waals surface area contributed by atoms with Crippen LogP contribution in [-0.2, 0) is 6.61 Å². The van der Waals surface area contributed by atoms with E-state index in [1.54, 1.807) is 24.3 Å². The number of para-hydroxylation sites is 1. The van der Waals surface area contributed by atoms with Gasteiger partial charge in [0.25, 0.3) is 5.91 Å². The number of carbonyl (C=O) groups excluding carboxylic acids is 1. The van der Waals surface area contributed by atoms with Crippen molar-refractivity contribution >= 4 is 23.2 Å². The topological polar surface area (TPSA) is 51.5 Å². The van der Waals surface area contributed by atoms with Gasteiger partial charge < -0.3 is 14.5 Å². The van der Waals surface area contributed by atoms with Gasteiger partial charge in [-0.25, -0.2) is 0 Å².